The van der Waals surface area contributed by atoms with Crippen molar-refractivity contribution in [3.63, 3.8) is 0 Å². The Morgan fingerprint density at radius 2 is 1.94 bits per heavy atom. The first-order chi connectivity index (χ1) is 15.1. The van der Waals surface area contributed by atoms with E-state index in [1.54, 1.807) is 18.4 Å². The Balaban J connectivity index is 0.00000289. The van der Waals surface area contributed by atoms with Gasteiger partial charge in [0, 0.05) is 36.2 Å². The van der Waals surface area contributed by atoms with Crippen LogP contribution < -0.4 is 9.64 Å². The molecule has 1 aliphatic rings. The minimum absolute atomic E-state index is 0. The summed E-state index contributed by atoms with van der Waals surface area (Å²) in [5.41, 5.74) is 2.59. The van der Waals surface area contributed by atoms with Crippen LogP contribution in [0, 0.1) is 6.92 Å². The van der Waals surface area contributed by atoms with E-state index in [2.05, 4.69) is 27.8 Å². The maximum absolute atomic E-state index is 13.5. The predicted octanol–water partition coefficient (Wildman–Crippen LogP) is 5.17. The average Bonchev–Trinajstić information content (AvgIpc) is 3.24. The first-order valence-electron chi connectivity index (χ1n) is 10.4. The van der Waals surface area contributed by atoms with Crippen molar-refractivity contribution in [3.8, 4) is 5.75 Å². The Morgan fingerprint density at radius 3 is 2.62 bits per heavy atom. The summed E-state index contributed by atoms with van der Waals surface area (Å²) in [6.07, 6.45) is 0.869. The number of aryl methyl sites for hydroxylation is 1. The van der Waals surface area contributed by atoms with Crippen LogP contribution in [-0.4, -0.2) is 62.3 Å². The van der Waals surface area contributed by atoms with Crippen LogP contribution in [0.3, 0.4) is 0 Å². The van der Waals surface area contributed by atoms with Crippen LogP contribution in [0.4, 0.5) is 5.13 Å². The fourth-order valence-corrected chi connectivity index (χ4v) is 5.03. The number of aromatic nitrogens is 1. The number of amides is 1. The smallest absolute Gasteiger partial charge is 0.260 e. The van der Waals surface area contributed by atoms with Crippen molar-refractivity contribution in [1.29, 1.82) is 0 Å². The van der Waals surface area contributed by atoms with Crippen LogP contribution in [0.1, 0.15) is 22.3 Å². The Bertz CT molecular complexity index is 1050. The van der Waals surface area contributed by atoms with E-state index in [0.29, 0.717) is 17.2 Å². The second-order valence-corrected chi connectivity index (χ2v) is 9.42. The first kappa shape index (κ1) is 24.9. The molecule has 1 amide bonds. The van der Waals surface area contributed by atoms with Crippen molar-refractivity contribution in [3.05, 3.63) is 52.0 Å². The molecule has 3 aromatic rings. The van der Waals surface area contributed by atoms with Gasteiger partial charge in [-0.3, -0.25) is 14.6 Å². The van der Waals surface area contributed by atoms with Crippen molar-refractivity contribution >= 4 is 60.9 Å². The van der Waals surface area contributed by atoms with Crippen molar-refractivity contribution in [2.75, 3.05) is 51.4 Å². The first-order valence-corrected chi connectivity index (χ1v) is 12.0. The molecule has 1 aliphatic heterocycles. The molecule has 0 atom stereocenters. The van der Waals surface area contributed by atoms with E-state index in [1.807, 2.05) is 41.3 Å². The van der Waals surface area contributed by atoms with Crippen molar-refractivity contribution < 1.29 is 14.3 Å². The highest BCUT2D eigenvalue weighted by atomic mass is 79.9. The SMILES string of the molecule is COc1ccc(C)c2sc(N(CCCN3CCOCC3)C(=O)c3ccc(Br)cc3)nc12.Cl. The molecular formula is C23H27BrClN3O3S. The number of fused-ring (bicyclic) bond motifs is 1. The fraction of sp³-hybridized carbons (Fsp3) is 0.391. The van der Waals surface area contributed by atoms with E-state index in [0.717, 1.165) is 65.3 Å². The Labute approximate surface area is 207 Å². The molecule has 1 fully saturated rings. The summed E-state index contributed by atoms with van der Waals surface area (Å²) in [4.78, 5) is 22.5. The van der Waals surface area contributed by atoms with Gasteiger partial charge in [-0.1, -0.05) is 33.3 Å². The van der Waals surface area contributed by atoms with Crippen LogP contribution in [0.25, 0.3) is 10.2 Å². The summed E-state index contributed by atoms with van der Waals surface area (Å²) < 4.78 is 12.9. The number of hydrogen-bond donors (Lipinski definition) is 0. The largest absolute Gasteiger partial charge is 0.494 e. The van der Waals surface area contributed by atoms with Gasteiger partial charge >= 0.3 is 0 Å². The van der Waals surface area contributed by atoms with Gasteiger partial charge in [0.1, 0.15) is 11.3 Å². The van der Waals surface area contributed by atoms with Gasteiger partial charge in [0.05, 0.1) is 25.0 Å². The molecular weight excluding hydrogens is 514 g/mol. The Kier molecular flexibility index (Phi) is 8.90. The van der Waals surface area contributed by atoms with E-state index in [-0.39, 0.29) is 18.3 Å². The van der Waals surface area contributed by atoms with Crippen molar-refractivity contribution in [2.45, 2.75) is 13.3 Å². The molecule has 2 heterocycles. The lowest BCUT2D eigenvalue weighted by Gasteiger charge is -2.27. The third-order valence-corrected chi connectivity index (χ3v) is 7.18. The number of morpholine rings is 1. The van der Waals surface area contributed by atoms with Crippen LogP contribution >= 0.6 is 39.7 Å². The molecule has 32 heavy (non-hydrogen) atoms. The summed E-state index contributed by atoms with van der Waals surface area (Å²) in [6, 6.07) is 11.4. The summed E-state index contributed by atoms with van der Waals surface area (Å²) in [6.45, 7) is 7.03. The lowest BCUT2D eigenvalue weighted by molar-refractivity contribution is 0.0376. The molecule has 0 spiro atoms. The number of carbonyl (C=O) groups is 1. The second kappa shape index (κ2) is 11.4. The van der Waals surface area contributed by atoms with Crippen LogP contribution in [0.5, 0.6) is 5.75 Å². The molecule has 2 aromatic carbocycles. The Morgan fingerprint density at radius 1 is 1.22 bits per heavy atom. The maximum Gasteiger partial charge on any atom is 0.260 e. The number of rotatable bonds is 7. The molecule has 1 saturated heterocycles. The summed E-state index contributed by atoms with van der Waals surface area (Å²) >= 11 is 4.99. The van der Waals surface area contributed by atoms with Crippen LogP contribution in [-0.2, 0) is 4.74 Å². The van der Waals surface area contributed by atoms with E-state index >= 15 is 0 Å². The van der Waals surface area contributed by atoms with Crippen LogP contribution in [0.2, 0.25) is 0 Å². The highest BCUT2D eigenvalue weighted by Crippen LogP contribution is 2.37. The van der Waals surface area contributed by atoms with Gasteiger partial charge in [-0.15, -0.1) is 12.4 Å². The van der Waals surface area contributed by atoms with E-state index in [1.165, 1.54) is 0 Å². The van der Waals surface area contributed by atoms with Gasteiger partial charge in [0.25, 0.3) is 5.91 Å². The zero-order valence-corrected chi connectivity index (χ0v) is 21.4. The second-order valence-electron chi connectivity index (χ2n) is 7.53. The number of anilines is 1. The number of hydrogen-bond acceptors (Lipinski definition) is 6. The molecule has 9 heteroatoms. The minimum Gasteiger partial charge on any atom is -0.494 e. The lowest BCUT2D eigenvalue weighted by atomic mass is 10.2. The van der Waals surface area contributed by atoms with Gasteiger partial charge in [-0.05, 0) is 49.2 Å². The average molecular weight is 541 g/mol. The third kappa shape index (κ3) is 5.61. The number of carbonyl (C=O) groups excluding carboxylic acids is 1. The van der Waals surface area contributed by atoms with Gasteiger partial charge < -0.3 is 9.47 Å². The molecule has 0 radical (unpaired) electrons. The monoisotopic (exact) mass is 539 g/mol. The van der Waals surface area contributed by atoms with E-state index in [9.17, 15) is 4.79 Å². The summed E-state index contributed by atoms with van der Waals surface area (Å²) in [5, 5.41) is 0.706. The van der Waals surface area contributed by atoms with Gasteiger partial charge in [0.2, 0.25) is 0 Å². The molecule has 4 rings (SSSR count). The number of nitrogens with zero attached hydrogens (tertiary/aromatic N) is 3. The quantitative estimate of drug-likeness (QED) is 0.414. The molecule has 0 saturated carbocycles. The minimum atomic E-state index is -0.0369. The Hall–Kier alpha value is -1.71. The highest BCUT2D eigenvalue weighted by Gasteiger charge is 2.23. The number of benzene rings is 2. The third-order valence-electron chi connectivity index (χ3n) is 5.44. The topological polar surface area (TPSA) is 54.9 Å². The molecule has 0 unspecified atom stereocenters. The van der Waals surface area contributed by atoms with Crippen molar-refractivity contribution in [1.82, 2.24) is 9.88 Å². The fourth-order valence-electron chi connectivity index (χ4n) is 3.69. The predicted molar refractivity (Wildman–Crippen MR) is 136 cm³/mol. The van der Waals surface area contributed by atoms with Gasteiger partial charge in [0.15, 0.2) is 5.13 Å². The number of methoxy groups -OCH3 is 1. The molecule has 172 valence electrons. The lowest BCUT2D eigenvalue weighted by Crippen LogP contribution is -2.39. The molecule has 6 nitrogen and oxygen atoms in total. The molecule has 0 N–H and O–H groups in total. The zero-order valence-electron chi connectivity index (χ0n) is 18.2. The maximum atomic E-state index is 13.5. The summed E-state index contributed by atoms with van der Waals surface area (Å²) in [7, 11) is 1.65. The standard InChI is InChI=1S/C23H26BrN3O3S.ClH/c1-16-4-9-19(29-2)20-21(16)31-23(25-20)27(11-3-10-26-12-14-30-15-13-26)22(28)17-5-7-18(24)8-6-17;/h4-9H,3,10-15H2,1-2H3;1H. The normalized spacial score (nSPS) is 14.2. The van der Waals surface area contributed by atoms with Gasteiger partial charge in [-0.25, -0.2) is 4.98 Å². The number of ether oxygens (including phenoxy) is 2. The van der Waals surface area contributed by atoms with E-state index in [4.69, 9.17) is 14.5 Å². The van der Waals surface area contributed by atoms with Crippen molar-refractivity contribution in [2.24, 2.45) is 0 Å². The van der Waals surface area contributed by atoms with Crippen LogP contribution in [0.15, 0.2) is 40.9 Å². The van der Waals surface area contributed by atoms with E-state index < -0.39 is 0 Å². The highest BCUT2D eigenvalue weighted by molar-refractivity contribution is 9.10. The molecule has 0 aliphatic carbocycles. The molecule has 0 bridgehead atoms. The van der Waals surface area contributed by atoms with Gasteiger partial charge in [-0.2, -0.15) is 0 Å². The number of halogens is 2. The molecule has 1 aromatic heterocycles. The number of thiazole rings is 1. The summed E-state index contributed by atoms with van der Waals surface area (Å²) in [5.74, 6) is 0.692. The zero-order chi connectivity index (χ0) is 21.8.